The van der Waals surface area contributed by atoms with Crippen molar-refractivity contribution in [3.63, 3.8) is 0 Å². The van der Waals surface area contributed by atoms with E-state index in [0.29, 0.717) is 18.8 Å². The lowest BCUT2D eigenvalue weighted by Crippen LogP contribution is -2.36. The summed E-state index contributed by atoms with van der Waals surface area (Å²) >= 11 is 0. The molecule has 1 aromatic rings. The molecule has 1 amide bonds. The quantitative estimate of drug-likeness (QED) is 0.169. The number of amidine groups is 1. The van der Waals surface area contributed by atoms with E-state index in [0.717, 1.165) is 49.6 Å². The van der Waals surface area contributed by atoms with Crippen LogP contribution in [-0.2, 0) is 11.2 Å². The van der Waals surface area contributed by atoms with Crippen LogP contribution in [0.4, 0.5) is 0 Å². The Kier molecular flexibility index (Phi) is 27.9. The van der Waals surface area contributed by atoms with Gasteiger partial charge in [-0.15, -0.1) is 6.58 Å². The van der Waals surface area contributed by atoms with Crippen molar-refractivity contribution in [1.82, 2.24) is 25.0 Å². The zero-order valence-electron chi connectivity index (χ0n) is 28.3. The number of aryl methyl sites for hydroxylation is 1. The van der Waals surface area contributed by atoms with Crippen molar-refractivity contribution in [2.75, 3.05) is 54.5 Å². The molecule has 1 aliphatic rings. The van der Waals surface area contributed by atoms with Crippen LogP contribution in [0.1, 0.15) is 92.5 Å². The highest BCUT2D eigenvalue weighted by Gasteiger charge is 2.26. The molecule has 3 N–H and O–H groups in total. The molecule has 0 spiro atoms. The highest BCUT2D eigenvalue weighted by molar-refractivity contribution is 5.93. The van der Waals surface area contributed by atoms with Crippen LogP contribution in [0.25, 0.3) is 0 Å². The number of amides is 1. The van der Waals surface area contributed by atoms with Crippen molar-refractivity contribution in [1.29, 1.82) is 0 Å². The van der Waals surface area contributed by atoms with Gasteiger partial charge in [-0.1, -0.05) is 53.7 Å². The highest BCUT2D eigenvalue weighted by Crippen LogP contribution is 2.32. The summed E-state index contributed by atoms with van der Waals surface area (Å²) in [7, 11) is 8.20. The SMILES string of the molecule is C=CC.CC.CC.CCN(C)C.CCN(C)C/N=C(\C)N/C(CN(C)C1CCCc2cccnc21)=C(\C)C(N)=O. The summed E-state index contributed by atoms with van der Waals surface area (Å²) in [6.45, 7) is 24.4. The van der Waals surface area contributed by atoms with Crippen LogP contribution in [0.5, 0.6) is 0 Å². The molecule has 0 radical (unpaired) electrons. The number of aliphatic imine (C=N–C) groups is 1. The van der Waals surface area contributed by atoms with E-state index in [2.05, 4.69) is 77.6 Å². The second-order valence-electron chi connectivity index (χ2n) is 9.33. The van der Waals surface area contributed by atoms with E-state index < -0.39 is 5.91 Å². The van der Waals surface area contributed by atoms with Gasteiger partial charge in [-0.25, -0.2) is 0 Å². The second kappa shape index (κ2) is 26.7. The van der Waals surface area contributed by atoms with Crippen LogP contribution in [0.2, 0.25) is 0 Å². The molecular weight excluding hydrogens is 498 g/mol. The van der Waals surface area contributed by atoms with E-state index in [1.54, 1.807) is 13.0 Å². The molecule has 1 heterocycles. The van der Waals surface area contributed by atoms with E-state index in [1.165, 1.54) is 5.56 Å². The molecule has 8 nitrogen and oxygen atoms in total. The van der Waals surface area contributed by atoms with Crippen LogP contribution < -0.4 is 11.1 Å². The van der Waals surface area contributed by atoms with E-state index in [4.69, 9.17) is 5.73 Å². The summed E-state index contributed by atoms with van der Waals surface area (Å²) in [5, 5.41) is 3.31. The molecule has 1 aromatic heterocycles. The lowest BCUT2D eigenvalue weighted by Gasteiger charge is -2.33. The van der Waals surface area contributed by atoms with Crippen LogP contribution >= 0.6 is 0 Å². The molecule has 0 aromatic carbocycles. The Morgan fingerprint density at radius 1 is 1.15 bits per heavy atom. The minimum absolute atomic E-state index is 0.228. The number of fused-ring (bicyclic) bond motifs is 1. The van der Waals surface area contributed by atoms with Crippen molar-refractivity contribution in [2.45, 2.75) is 87.6 Å². The summed E-state index contributed by atoms with van der Waals surface area (Å²) in [6.07, 6.45) is 6.87. The third kappa shape index (κ3) is 18.7. The fourth-order valence-electron chi connectivity index (χ4n) is 3.36. The van der Waals surface area contributed by atoms with Gasteiger partial charge in [-0.05, 0) is 92.9 Å². The second-order valence-corrected chi connectivity index (χ2v) is 9.33. The van der Waals surface area contributed by atoms with Crippen LogP contribution in [0, 0.1) is 0 Å². The number of nitrogens with one attached hydrogen (secondary N) is 1. The van der Waals surface area contributed by atoms with Gasteiger partial charge in [0.05, 0.1) is 24.2 Å². The number of primary amides is 1. The summed E-state index contributed by atoms with van der Waals surface area (Å²) in [6, 6.07) is 4.39. The number of hydrogen-bond donors (Lipinski definition) is 2. The topological polar surface area (TPSA) is 90.1 Å². The zero-order chi connectivity index (χ0) is 31.7. The Labute approximate surface area is 247 Å². The molecule has 1 atom stereocenters. The van der Waals surface area contributed by atoms with E-state index in [9.17, 15) is 4.79 Å². The van der Waals surface area contributed by atoms with Crippen molar-refractivity contribution in [3.8, 4) is 0 Å². The lowest BCUT2D eigenvalue weighted by atomic mass is 9.91. The predicted octanol–water partition coefficient (Wildman–Crippen LogP) is 5.88. The Morgan fingerprint density at radius 3 is 2.17 bits per heavy atom. The minimum Gasteiger partial charge on any atom is -0.366 e. The average molecular weight is 562 g/mol. The smallest absolute Gasteiger partial charge is 0.246 e. The fourth-order valence-corrected chi connectivity index (χ4v) is 3.36. The van der Waals surface area contributed by atoms with Crippen molar-refractivity contribution < 1.29 is 4.79 Å². The molecule has 0 bridgehead atoms. The maximum atomic E-state index is 11.8. The Morgan fingerprint density at radius 2 is 1.70 bits per heavy atom. The van der Waals surface area contributed by atoms with E-state index in [-0.39, 0.29) is 6.04 Å². The van der Waals surface area contributed by atoms with Gasteiger partial charge in [0.25, 0.3) is 0 Å². The van der Waals surface area contributed by atoms with Crippen molar-refractivity contribution in [3.05, 3.63) is 53.5 Å². The van der Waals surface area contributed by atoms with Gasteiger partial charge in [0.15, 0.2) is 0 Å². The monoisotopic (exact) mass is 562 g/mol. The fraction of sp³-hybridized carbons (Fsp3) is 0.656. The van der Waals surface area contributed by atoms with Crippen LogP contribution in [-0.4, -0.2) is 85.9 Å². The number of nitrogens with zero attached hydrogens (tertiary/aromatic N) is 5. The summed E-state index contributed by atoms with van der Waals surface area (Å²) < 4.78 is 0. The number of hydrogen-bond acceptors (Lipinski definition) is 6. The van der Waals surface area contributed by atoms with Gasteiger partial charge in [0.1, 0.15) is 0 Å². The normalized spacial score (nSPS) is 14.5. The molecule has 0 aliphatic heterocycles. The average Bonchev–Trinajstić information content (AvgIpc) is 2.97. The molecule has 1 aliphatic carbocycles. The summed E-state index contributed by atoms with van der Waals surface area (Å²) in [4.78, 5) is 27.5. The third-order valence-corrected chi connectivity index (χ3v) is 5.98. The molecule has 0 saturated heterocycles. The predicted molar refractivity (Wildman–Crippen MR) is 177 cm³/mol. The summed E-state index contributed by atoms with van der Waals surface area (Å²) in [5.41, 5.74) is 9.35. The Hall–Kier alpha value is -2.55. The third-order valence-electron chi connectivity index (χ3n) is 5.98. The molecule has 0 saturated carbocycles. The number of carbonyl (C=O) groups is 1. The number of carbonyl (C=O) groups excluding carboxylic acids is 1. The largest absolute Gasteiger partial charge is 0.366 e. The Balaban J connectivity index is -0.000000976. The van der Waals surface area contributed by atoms with E-state index >= 15 is 0 Å². The van der Waals surface area contributed by atoms with Gasteiger partial charge in [-0.3, -0.25) is 24.6 Å². The van der Waals surface area contributed by atoms with Crippen molar-refractivity contribution in [2.24, 2.45) is 10.7 Å². The van der Waals surface area contributed by atoms with Gasteiger partial charge < -0.3 is 16.0 Å². The number of likely N-dealkylation sites (N-methyl/N-ethyl adjacent to an activating group) is 1. The summed E-state index contributed by atoms with van der Waals surface area (Å²) in [5.74, 6) is 0.350. The van der Waals surface area contributed by atoms with Crippen LogP contribution in [0.15, 0.2) is 47.2 Å². The molecule has 2 rings (SSSR count). The maximum Gasteiger partial charge on any atom is 0.246 e. The number of pyridine rings is 1. The zero-order valence-corrected chi connectivity index (χ0v) is 28.3. The first-order valence-corrected chi connectivity index (χ1v) is 14.8. The van der Waals surface area contributed by atoms with E-state index in [1.807, 2.05) is 60.9 Å². The Bertz CT molecular complexity index is 849. The number of allylic oxidation sites excluding steroid dienone is 1. The number of aromatic nitrogens is 1. The number of rotatable bonds is 9. The van der Waals surface area contributed by atoms with Gasteiger partial charge in [0, 0.05) is 24.0 Å². The van der Waals surface area contributed by atoms with Gasteiger partial charge >= 0.3 is 0 Å². The maximum absolute atomic E-state index is 11.8. The van der Waals surface area contributed by atoms with Crippen LogP contribution in [0.3, 0.4) is 0 Å². The van der Waals surface area contributed by atoms with Crippen molar-refractivity contribution >= 4 is 11.7 Å². The molecule has 40 heavy (non-hydrogen) atoms. The first kappa shape index (κ1) is 41.9. The molecule has 232 valence electrons. The first-order valence-electron chi connectivity index (χ1n) is 14.8. The first-order chi connectivity index (χ1) is 19.0. The standard InChI is InChI=1S/C21H34N6O.C4H11N.C3H6.2C2H6/c1-6-26(4)14-24-16(3)25-18(15(2)21(22)28)13-27(5)19-11-7-9-17-10-8-12-23-20(17)19;1-4-5(2)3;1-3-2;2*1-2/h8,10,12,19H,6-7,9,11,13-14H2,1-5H3,(H2,22,28)(H,24,25);4H2,1-3H3;3H,1H2,2H3;2*1-2H3/b18-15+;;;;. The molecule has 1 unspecified atom stereocenters. The number of nitrogens with two attached hydrogens (primary N) is 1. The molecule has 0 fully saturated rings. The highest BCUT2D eigenvalue weighted by atomic mass is 16.1. The molecular formula is C32H63N7O. The van der Waals surface area contributed by atoms with Gasteiger partial charge in [-0.2, -0.15) is 0 Å². The lowest BCUT2D eigenvalue weighted by molar-refractivity contribution is -0.114. The molecule has 8 heteroatoms. The minimum atomic E-state index is -0.420. The van der Waals surface area contributed by atoms with Gasteiger partial charge in [0.2, 0.25) is 5.91 Å².